The average Bonchev–Trinajstić information content (AvgIpc) is 3.09. The van der Waals surface area contributed by atoms with Crippen molar-refractivity contribution in [2.75, 3.05) is 0 Å². The van der Waals surface area contributed by atoms with Gasteiger partial charge in [-0.1, -0.05) is 12.1 Å². The van der Waals surface area contributed by atoms with Crippen LogP contribution in [-0.2, 0) is 23.6 Å². The van der Waals surface area contributed by atoms with Crippen LogP contribution in [0.3, 0.4) is 0 Å². The fourth-order valence-electron chi connectivity index (χ4n) is 3.21. The molecule has 1 fully saturated rings. The molecule has 4 nitrogen and oxygen atoms in total. The minimum atomic E-state index is -4.58. The number of amides is 1. The molecule has 1 amide bonds. The van der Waals surface area contributed by atoms with Gasteiger partial charge in [0, 0.05) is 11.4 Å². The first-order valence-corrected chi connectivity index (χ1v) is 8.28. The molecule has 0 saturated carbocycles. The van der Waals surface area contributed by atoms with E-state index in [0.29, 0.717) is 11.3 Å². The highest BCUT2D eigenvalue weighted by Crippen LogP contribution is 2.38. The second-order valence-corrected chi connectivity index (χ2v) is 6.63. The van der Waals surface area contributed by atoms with Gasteiger partial charge in [0.2, 0.25) is 0 Å². The summed E-state index contributed by atoms with van der Waals surface area (Å²) < 4.78 is 82.8. The van der Waals surface area contributed by atoms with Crippen LogP contribution in [0.5, 0.6) is 0 Å². The van der Waals surface area contributed by atoms with Gasteiger partial charge < -0.3 is 9.72 Å². The van der Waals surface area contributed by atoms with Crippen LogP contribution >= 0.6 is 0 Å². The van der Waals surface area contributed by atoms with E-state index in [2.05, 4.69) is 4.98 Å². The number of aryl methyl sites for hydroxylation is 1. The summed E-state index contributed by atoms with van der Waals surface area (Å²) >= 11 is 0. The number of aromatic amines is 1. The lowest BCUT2D eigenvalue weighted by Crippen LogP contribution is -2.32. The number of halogens is 6. The Morgan fingerprint density at radius 2 is 1.68 bits per heavy atom. The molecule has 0 radical (unpaired) electrons. The summed E-state index contributed by atoms with van der Waals surface area (Å²) in [5, 5.41) is 0. The fourth-order valence-corrected chi connectivity index (χ4v) is 3.21. The Hall–Kier alpha value is -2.65. The number of H-pyrrole nitrogens is 1. The van der Waals surface area contributed by atoms with Crippen molar-refractivity contribution in [3.8, 4) is 0 Å². The highest BCUT2D eigenvalue weighted by molar-refractivity contribution is 5.71. The second-order valence-electron chi connectivity index (χ2n) is 6.63. The van der Waals surface area contributed by atoms with Crippen LogP contribution < -0.4 is 0 Å². The highest BCUT2D eigenvalue weighted by Gasteiger charge is 2.42. The van der Waals surface area contributed by atoms with Gasteiger partial charge in [0.1, 0.15) is 6.10 Å². The molecule has 0 aliphatic carbocycles. The van der Waals surface area contributed by atoms with Crippen LogP contribution in [0.15, 0.2) is 30.3 Å². The molecule has 28 heavy (non-hydrogen) atoms. The third-order valence-electron chi connectivity index (χ3n) is 4.63. The van der Waals surface area contributed by atoms with Crippen LogP contribution in [-0.4, -0.2) is 22.0 Å². The molecule has 0 spiro atoms. The van der Waals surface area contributed by atoms with E-state index in [0.717, 1.165) is 23.1 Å². The second kappa shape index (κ2) is 6.75. The molecular formula is C18H16F6N2O2. The maximum absolute atomic E-state index is 13.2. The molecule has 1 aliphatic rings. The summed E-state index contributed by atoms with van der Waals surface area (Å²) in [6.45, 7) is 2.67. The van der Waals surface area contributed by atoms with E-state index in [1.165, 1.54) is 19.1 Å². The third kappa shape index (κ3) is 3.81. The molecule has 1 aliphatic heterocycles. The zero-order valence-electron chi connectivity index (χ0n) is 14.8. The lowest BCUT2D eigenvalue weighted by Gasteiger charge is -2.21. The summed E-state index contributed by atoms with van der Waals surface area (Å²) in [5.74, 6) is 0. The molecular weight excluding hydrogens is 390 g/mol. The summed E-state index contributed by atoms with van der Waals surface area (Å²) in [4.78, 5) is 15.9. The van der Waals surface area contributed by atoms with Crippen molar-refractivity contribution < 1.29 is 35.9 Å². The standard InChI is InChI=1S/C18H16F6N2O2/c1-9-7-13(18(22,23)24)14(25-9)8-26-10(2)15(28-16(26)27)11-3-5-12(6-4-11)17(19,20)21/h3-7,10,15,25H,8H2,1-2H3/t10-,15?/m0/s1. The number of alkyl halides is 6. The van der Waals surface area contributed by atoms with E-state index in [1.54, 1.807) is 6.92 Å². The van der Waals surface area contributed by atoms with Crippen molar-refractivity contribution >= 4 is 6.09 Å². The van der Waals surface area contributed by atoms with Crippen LogP contribution in [0.4, 0.5) is 31.1 Å². The number of rotatable bonds is 3. The molecule has 1 aromatic carbocycles. The maximum atomic E-state index is 13.2. The fraction of sp³-hybridized carbons (Fsp3) is 0.389. The van der Waals surface area contributed by atoms with E-state index in [1.807, 2.05) is 0 Å². The normalized spacial score (nSPS) is 20.6. The third-order valence-corrected chi connectivity index (χ3v) is 4.63. The number of cyclic esters (lactones) is 1. The van der Waals surface area contributed by atoms with E-state index in [9.17, 15) is 31.1 Å². The van der Waals surface area contributed by atoms with E-state index >= 15 is 0 Å². The first-order valence-electron chi connectivity index (χ1n) is 8.28. The highest BCUT2D eigenvalue weighted by atomic mass is 19.4. The zero-order chi connectivity index (χ0) is 20.9. The molecule has 152 valence electrons. The molecule has 3 rings (SSSR count). The maximum Gasteiger partial charge on any atom is 0.418 e. The van der Waals surface area contributed by atoms with Crippen molar-refractivity contribution in [1.82, 2.24) is 9.88 Å². The van der Waals surface area contributed by atoms with Crippen LogP contribution in [0.2, 0.25) is 0 Å². The summed E-state index contributed by atoms with van der Waals surface area (Å²) in [6, 6.07) is 4.41. The van der Waals surface area contributed by atoms with E-state index in [4.69, 9.17) is 4.74 Å². The van der Waals surface area contributed by atoms with Gasteiger partial charge in [-0.25, -0.2) is 4.79 Å². The molecule has 1 unspecified atom stereocenters. The minimum Gasteiger partial charge on any atom is -0.439 e. The Labute approximate surface area is 156 Å². The summed E-state index contributed by atoms with van der Waals surface area (Å²) in [7, 11) is 0. The largest absolute Gasteiger partial charge is 0.439 e. The minimum absolute atomic E-state index is 0.179. The Kier molecular flexibility index (Phi) is 4.84. The molecule has 1 saturated heterocycles. The molecule has 1 N–H and O–H groups in total. The van der Waals surface area contributed by atoms with Crippen LogP contribution in [0, 0.1) is 6.92 Å². The molecule has 10 heteroatoms. The van der Waals surface area contributed by atoms with Gasteiger partial charge in [-0.05, 0) is 37.6 Å². The summed E-state index contributed by atoms with van der Waals surface area (Å²) in [6.07, 6.45) is -10.8. The van der Waals surface area contributed by atoms with Crippen molar-refractivity contribution in [2.45, 2.75) is 44.9 Å². The van der Waals surface area contributed by atoms with Gasteiger partial charge in [-0.15, -0.1) is 0 Å². The van der Waals surface area contributed by atoms with Gasteiger partial charge >= 0.3 is 18.4 Å². The van der Waals surface area contributed by atoms with Crippen LogP contribution in [0.25, 0.3) is 0 Å². The van der Waals surface area contributed by atoms with E-state index in [-0.39, 0.29) is 12.2 Å². The lowest BCUT2D eigenvalue weighted by atomic mass is 10.0. The predicted molar refractivity (Wildman–Crippen MR) is 86.2 cm³/mol. The first-order chi connectivity index (χ1) is 12.9. The smallest absolute Gasteiger partial charge is 0.418 e. The molecule has 2 heterocycles. The first kappa shape index (κ1) is 20.1. The Balaban J connectivity index is 1.82. The molecule has 2 aromatic rings. The number of nitrogens with zero attached hydrogens (tertiary/aromatic N) is 1. The molecule has 0 bridgehead atoms. The van der Waals surface area contributed by atoms with Gasteiger partial charge in [-0.2, -0.15) is 26.3 Å². The number of carbonyl (C=O) groups is 1. The van der Waals surface area contributed by atoms with Crippen LogP contribution in [0.1, 0.15) is 41.1 Å². The zero-order valence-corrected chi connectivity index (χ0v) is 14.8. The number of ether oxygens (including phenoxy) is 1. The monoisotopic (exact) mass is 406 g/mol. The number of benzene rings is 1. The number of nitrogens with one attached hydrogen (secondary N) is 1. The predicted octanol–water partition coefficient (Wildman–Crippen LogP) is 5.44. The lowest BCUT2D eigenvalue weighted by molar-refractivity contribution is -0.138. The topological polar surface area (TPSA) is 45.3 Å². The van der Waals surface area contributed by atoms with Gasteiger partial charge in [-0.3, -0.25) is 4.90 Å². The number of hydrogen-bond acceptors (Lipinski definition) is 2. The van der Waals surface area contributed by atoms with Crippen molar-refractivity contribution in [3.63, 3.8) is 0 Å². The average molecular weight is 406 g/mol. The Morgan fingerprint density at radius 3 is 2.21 bits per heavy atom. The molecule has 1 aromatic heterocycles. The number of hydrogen-bond donors (Lipinski definition) is 1. The van der Waals surface area contributed by atoms with E-state index < -0.39 is 41.7 Å². The quantitative estimate of drug-likeness (QED) is 0.690. The SMILES string of the molecule is Cc1cc(C(F)(F)F)c(CN2C(=O)OC(c3ccc(C(F)(F)F)cc3)[C@@H]2C)[nH]1. The van der Waals surface area contributed by atoms with Crippen molar-refractivity contribution in [1.29, 1.82) is 0 Å². The molecule has 2 atom stereocenters. The van der Waals surface area contributed by atoms with Crippen molar-refractivity contribution in [2.24, 2.45) is 0 Å². The Bertz CT molecular complexity index is 870. The van der Waals surface area contributed by atoms with Gasteiger partial charge in [0.25, 0.3) is 0 Å². The summed E-state index contributed by atoms with van der Waals surface area (Å²) in [5.41, 5.74) is -1.27. The van der Waals surface area contributed by atoms with Gasteiger partial charge in [0.05, 0.1) is 23.7 Å². The number of carbonyl (C=O) groups excluding carboxylic acids is 1. The van der Waals surface area contributed by atoms with Gasteiger partial charge in [0.15, 0.2) is 0 Å². The Morgan fingerprint density at radius 1 is 1.07 bits per heavy atom. The number of aromatic nitrogens is 1. The van der Waals surface area contributed by atoms with Crippen molar-refractivity contribution in [3.05, 3.63) is 58.4 Å².